The highest BCUT2D eigenvalue weighted by atomic mass is 32.1. The van der Waals surface area contributed by atoms with E-state index in [4.69, 9.17) is 0 Å². The molecule has 0 aliphatic heterocycles. The van der Waals surface area contributed by atoms with Gasteiger partial charge in [-0.05, 0) is 69.8 Å². The minimum Gasteiger partial charge on any atom is -0.194 e. The van der Waals surface area contributed by atoms with Gasteiger partial charge in [0.2, 0.25) is 0 Å². The van der Waals surface area contributed by atoms with Crippen LogP contribution in [0.5, 0.6) is 0 Å². The molecular weight excluding hydrogens is 815 g/mol. The second kappa shape index (κ2) is 16.0. The van der Waals surface area contributed by atoms with E-state index < -0.39 is 40.0 Å². The van der Waals surface area contributed by atoms with Crippen LogP contribution in [-0.2, 0) is 0 Å². The first-order valence-electron chi connectivity index (χ1n) is 19.1. The van der Waals surface area contributed by atoms with Crippen LogP contribution in [0.15, 0.2) is 182 Å². The fourth-order valence-electron chi connectivity index (χ4n) is 7.27. The van der Waals surface area contributed by atoms with Crippen molar-refractivity contribution in [1.82, 2.24) is 0 Å². The smallest absolute Gasteiger partial charge is 0.194 e. The summed E-state index contributed by atoms with van der Waals surface area (Å²) in [6.07, 6.45) is 0. The molecular formula is C53H30F6S2. The molecule has 0 N–H and O–H groups in total. The maximum Gasteiger partial charge on any atom is 0.380 e. The lowest BCUT2D eigenvalue weighted by atomic mass is 9.93. The van der Waals surface area contributed by atoms with E-state index in [-0.39, 0.29) is 9.75 Å². The van der Waals surface area contributed by atoms with Crippen molar-refractivity contribution in [2.75, 3.05) is 0 Å². The summed E-state index contributed by atoms with van der Waals surface area (Å²) in [5.74, 6) is -4.76. The van der Waals surface area contributed by atoms with Gasteiger partial charge in [-0.1, -0.05) is 169 Å². The molecule has 9 rings (SSSR count). The van der Waals surface area contributed by atoms with Crippen LogP contribution in [0.1, 0.15) is 32.0 Å². The SMILES string of the molecule is FC1(F)C(c2cc(-c3ccc(-c4ccccc4)cc3)sc2C#Cc2ccccc2)=C(c2cc(-c3ccc(-c4ccccc4)cc3)sc2C#Cc2ccccc2)C(F)(F)C1(F)F. The predicted octanol–water partition coefficient (Wildman–Crippen LogP) is 15.1. The summed E-state index contributed by atoms with van der Waals surface area (Å²) in [5, 5.41) is 0. The first-order chi connectivity index (χ1) is 29.5. The molecule has 0 amide bonds. The van der Waals surface area contributed by atoms with E-state index in [0.29, 0.717) is 32.0 Å². The van der Waals surface area contributed by atoms with Crippen LogP contribution in [0.25, 0.3) is 54.3 Å². The van der Waals surface area contributed by atoms with Gasteiger partial charge in [-0.15, -0.1) is 22.7 Å². The molecule has 0 spiro atoms. The Morgan fingerprint density at radius 3 is 0.967 bits per heavy atom. The molecule has 0 nitrogen and oxygen atoms in total. The molecule has 296 valence electrons. The molecule has 0 unspecified atom stereocenters. The van der Waals surface area contributed by atoms with Gasteiger partial charge in [-0.2, -0.15) is 26.3 Å². The number of hydrogen-bond donors (Lipinski definition) is 0. The van der Waals surface area contributed by atoms with Gasteiger partial charge in [0.25, 0.3) is 0 Å². The molecule has 0 bridgehead atoms. The summed E-state index contributed by atoms with van der Waals surface area (Å²) in [6, 6.07) is 53.7. The van der Waals surface area contributed by atoms with Gasteiger partial charge in [0.15, 0.2) is 0 Å². The van der Waals surface area contributed by atoms with Gasteiger partial charge in [0.05, 0.1) is 9.75 Å². The summed E-state index contributed by atoms with van der Waals surface area (Å²) >= 11 is 1.95. The molecule has 1 aliphatic carbocycles. The van der Waals surface area contributed by atoms with Crippen LogP contribution in [0.3, 0.4) is 0 Å². The molecule has 2 heterocycles. The van der Waals surface area contributed by atoms with Gasteiger partial charge in [0, 0.05) is 43.2 Å². The van der Waals surface area contributed by atoms with E-state index in [0.717, 1.165) is 44.9 Å². The average molecular weight is 845 g/mol. The summed E-state index contributed by atoms with van der Waals surface area (Å²) in [5.41, 5.74) is 1.96. The number of alkyl halides is 6. The van der Waals surface area contributed by atoms with Crippen molar-refractivity contribution in [2.45, 2.75) is 17.8 Å². The summed E-state index contributed by atoms with van der Waals surface area (Å²) in [7, 11) is 0. The molecule has 2 aromatic heterocycles. The van der Waals surface area contributed by atoms with Crippen molar-refractivity contribution in [3.63, 3.8) is 0 Å². The molecule has 8 aromatic rings. The molecule has 0 atom stereocenters. The Bertz CT molecular complexity index is 2810. The van der Waals surface area contributed by atoms with Gasteiger partial charge < -0.3 is 0 Å². The number of hydrogen-bond acceptors (Lipinski definition) is 2. The molecule has 0 saturated carbocycles. The quantitative estimate of drug-likeness (QED) is 0.116. The maximum atomic E-state index is 16.7. The van der Waals surface area contributed by atoms with Crippen LogP contribution in [-0.4, -0.2) is 17.8 Å². The van der Waals surface area contributed by atoms with E-state index in [1.54, 1.807) is 84.9 Å². The third kappa shape index (κ3) is 7.40. The maximum absolute atomic E-state index is 16.7. The zero-order valence-corrected chi connectivity index (χ0v) is 33.5. The van der Waals surface area contributed by atoms with Crippen molar-refractivity contribution < 1.29 is 26.3 Å². The fraction of sp³-hybridized carbons (Fsp3) is 0.0566. The van der Waals surface area contributed by atoms with Crippen LogP contribution >= 0.6 is 22.7 Å². The fourth-order valence-corrected chi connectivity index (χ4v) is 9.32. The van der Waals surface area contributed by atoms with E-state index in [1.165, 1.54) is 12.1 Å². The highest BCUT2D eigenvalue weighted by Gasteiger charge is 2.80. The van der Waals surface area contributed by atoms with Crippen molar-refractivity contribution in [2.24, 2.45) is 0 Å². The van der Waals surface area contributed by atoms with E-state index in [9.17, 15) is 0 Å². The molecule has 0 radical (unpaired) electrons. The first-order valence-corrected chi connectivity index (χ1v) is 20.8. The second-order valence-corrected chi connectivity index (χ2v) is 16.4. The van der Waals surface area contributed by atoms with Gasteiger partial charge >= 0.3 is 17.8 Å². The first kappa shape index (κ1) is 39.6. The molecule has 61 heavy (non-hydrogen) atoms. The minimum absolute atomic E-state index is 0.0597. The Balaban J connectivity index is 1.26. The zero-order chi connectivity index (χ0) is 42.2. The van der Waals surface area contributed by atoms with Crippen LogP contribution < -0.4 is 0 Å². The molecule has 6 aromatic carbocycles. The third-order valence-corrected chi connectivity index (χ3v) is 12.6. The number of halogens is 6. The normalized spacial score (nSPS) is 14.8. The Kier molecular flexibility index (Phi) is 10.4. The van der Waals surface area contributed by atoms with Crippen LogP contribution in [0.4, 0.5) is 26.3 Å². The van der Waals surface area contributed by atoms with E-state index in [2.05, 4.69) is 23.7 Å². The highest BCUT2D eigenvalue weighted by molar-refractivity contribution is 7.16. The van der Waals surface area contributed by atoms with E-state index >= 15 is 26.3 Å². The van der Waals surface area contributed by atoms with Crippen molar-refractivity contribution in [3.8, 4) is 66.8 Å². The highest BCUT2D eigenvalue weighted by Crippen LogP contribution is 2.66. The molecule has 1 aliphatic rings. The Morgan fingerprint density at radius 2 is 0.623 bits per heavy atom. The molecule has 0 fully saturated rings. The lowest BCUT2D eigenvalue weighted by molar-refractivity contribution is -0.254. The summed E-state index contributed by atoms with van der Waals surface area (Å²) < 4.78 is 98.6. The standard InChI is InChI=1S/C53H30F6S2/c54-51(55)49(43-33-47(60-45(43)31-21-35-13-5-1-6-14-35)41-27-23-39(24-28-41)37-17-9-3-10-18-37)50(52(56,57)53(51,58)59)44-34-48(61-46(44)32-22-36-15-7-2-8-16-36)42-29-25-40(26-30-42)38-19-11-4-12-20-38/h1-20,23-30,33-34H. The Labute approximate surface area is 357 Å². The Morgan fingerprint density at radius 1 is 0.328 bits per heavy atom. The lowest BCUT2D eigenvalue weighted by Gasteiger charge is -2.25. The number of benzene rings is 6. The number of rotatable bonds is 6. The zero-order valence-electron chi connectivity index (χ0n) is 31.9. The van der Waals surface area contributed by atoms with Crippen molar-refractivity contribution in [1.29, 1.82) is 0 Å². The number of thiophene rings is 2. The monoisotopic (exact) mass is 844 g/mol. The van der Waals surface area contributed by atoms with E-state index in [1.807, 2.05) is 84.9 Å². The molecule has 8 heteroatoms. The summed E-state index contributed by atoms with van der Waals surface area (Å²) in [4.78, 5) is 0.662. The number of allylic oxidation sites excluding steroid dienone is 2. The van der Waals surface area contributed by atoms with Crippen LogP contribution in [0.2, 0.25) is 0 Å². The topological polar surface area (TPSA) is 0 Å². The molecule has 0 saturated heterocycles. The van der Waals surface area contributed by atoms with Crippen LogP contribution in [0, 0.1) is 23.7 Å². The lowest BCUT2D eigenvalue weighted by Crippen LogP contribution is -2.48. The predicted molar refractivity (Wildman–Crippen MR) is 237 cm³/mol. The Hall–Kier alpha value is -6.84. The van der Waals surface area contributed by atoms with Gasteiger partial charge in [0.1, 0.15) is 0 Å². The average Bonchev–Trinajstić information content (AvgIpc) is 3.94. The van der Waals surface area contributed by atoms with Gasteiger partial charge in [-0.25, -0.2) is 0 Å². The van der Waals surface area contributed by atoms with Crippen molar-refractivity contribution >= 4 is 33.8 Å². The van der Waals surface area contributed by atoms with Gasteiger partial charge in [-0.3, -0.25) is 0 Å². The largest absolute Gasteiger partial charge is 0.380 e. The van der Waals surface area contributed by atoms with Crippen molar-refractivity contribution in [3.05, 3.63) is 214 Å². The third-order valence-electron chi connectivity index (χ3n) is 10.4. The second-order valence-electron chi connectivity index (χ2n) is 14.3. The summed E-state index contributed by atoms with van der Waals surface area (Å²) in [6.45, 7) is 0. The minimum atomic E-state index is -5.79.